The van der Waals surface area contributed by atoms with Gasteiger partial charge in [-0.15, -0.1) is 0 Å². The Kier molecular flexibility index (Phi) is 4.01. The number of hydrogen-bond donors (Lipinski definition) is 0. The van der Waals surface area contributed by atoms with Crippen LogP contribution in [0.15, 0.2) is 18.2 Å². The molecule has 1 atom stereocenters. The Morgan fingerprint density at radius 1 is 1.32 bits per heavy atom. The van der Waals surface area contributed by atoms with Crippen molar-refractivity contribution in [1.29, 1.82) is 0 Å². The van der Waals surface area contributed by atoms with Crippen molar-refractivity contribution in [2.24, 2.45) is 0 Å². The second-order valence-corrected chi connectivity index (χ2v) is 5.27. The van der Waals surface area contributed by atoms with Crippen molar-refractivity contribution >= 4 is 0 Å². The molecule has 104 valence electrons. The molecule has 2 fully saturated rings. The predicted molar refractivity (Wildman–Crippen MR) is 72.5 cm³/mol. The lowest BCUT2D eigenvalue weighted by molar-refractivity contribution is 0.0338. The molecule has 0 aromatic heterocycles. The minimum absolute atomic E-state index is 0.303. The maximum absolute atomic E-state index is 5.90. The van der Waals surface area contributed by atoms with E-state index < -0.39 is 0 Å². The van der Waals surface area contributed by atoms with Crippen LogP contribution in [0.2, 0.25) is 0 Å². The van der Waals surface area contributed by atoms with Gasteiger partial charge < -0.3 is 14.2 Å². The third-order valence-electron chi connectivity index (χ3n) is 3.55. The molecule has 0 aliphatic carbocycles. The van der Waals surface area contributed by atoms with Crippen LogP contribution in [-0.2, 0) is 16.0 Å². The van der Waals surface area contributed by atoms with Gasteiger partial charge in [-0.2, -0.15) is 0 Å². The van der Waals surface area contributed by atoms with Crippen molar-refractivity contribution in [3.63, 3.8) is 0 Å². The van der Waals surface area contributed by atoms with E-state index in [0.717, 1.165) is 45.2 Å². The number of morpholine rings is 1. The van der Waals surface area contributed by atoms with Gasteiger partial charge in [0.15, 0.2) is 0 Å². The molecule has 0 bridgehead atoms. The Labute approximate surface area is 114 Å². The fourth-order valence-electron chi connectivity index (χ4n) is 2.27. The van der Waals surface area contributed by atoms with Crippen LogP contribution >= 0.6 is 0 Å². The second-order valence-electron chi connectivity index (χ2n) is 5.27. The summed E-state index contributed by atoms with van der Waals surface area (Å²) in [4.78, 5) is 2.41. The van der Waals surface area contributed by atoms with Gasteiger partial charge in [0.1, 0.15) is 18.5 Å². The molecule has 1 aromatic rings. The Morgan fingerprint density at radius 2 is 2.11 bits per heavy atom. The smallest absolute Gasteiger partial charge is 0.124 e. The molecule has 0 N–H and O–H groups in total. The van der Waals surface area contributed by atoms with Crippen molar-refractivity contribution in [2.75, 3.05) is 39.5 Å². The lowest BCUT2D eigenvalue weighted by atomic mass is 10.1. The van der Waals surface area contributed by atoms with Gasteiger partial charge in [-0.25, -0.2) is 0 Å². The molecule has 0 radical (unpaired) electrons. The molecule has 2 heterocycles. The zero-order chi connectivity index (χ0) is 13.1. The highest BCUT2D eigenvalue weighted by atomic mass is 16.6. The maximum atomic E-state index is 5.90. The lowest BCUT2D eigenvalue weighted by Crippen LogP contribution is -2.35. The topological polar surface area (TPSA) is 34.2 Å². The normalized spacial score (nSPS) is 23.3. The molecule has 2 aliphatic heterocycles. The van der Waals surface area contributed by atoms with Crippen LogP contribution in [0.5, 0.6) is 5.75 Å². The van der Waals surface area contributed by atoms with Gasteiger partial charge in [-0.05, 0) is 18.6 Å². The van der Waals surface area contributed by atoms with Gasteiger partial charge in [0.05, 0.1) is 19.8 Å². The van der Waals surface area contributed by atoms with Crippen LogP contribution < -0.4 is 4.74 Å². The number of aryl methyl sites for hydroxylation is 1. The average Bonchev–Trinajstić information content (AvgIpc) is 3.24. The van der Waals surface area contributed by atoms with Crippen molar-refractivity contribution in [3.05, 3.63) is 29.3 Å². The zero-order valence-electron chi connectivity index (χ0n) is 11.4. The molecule has 4 nitrogen and oxygen atoms in total. The van der Waals surface area contributed by atoms with Crippen molar-refractivity contribution in [2.45, 2.75) is 19.6 Å². The third kappa shape index (κ3) is 3.69. The van der Waals surface area contributed by atoms with E-state index >= 15 is 0 Å². The number of ether oxygens (including phenoxy) is 3. The van der Waals surface area contributed by atoms with Crippen molar-refractivity contribution < 1.29 is 14.2 Å². The number of rotatable bonds is 5. The Hall–Kier alpha value is -1.10. The molecule has 0 unspecified atom stereocenters. The van der Waals surface area contributed by atoms with Crippen LogP contribution in [0.1, 0.15) is 11.1 Å². The first-order valence-corrected chi connectivity index (χ1v) is 6.95. The predicted octanol–water partition coefficient (Wildman–Crippen LogP) is 1.60. The minimum Gasteiger partial charge on any atom is -0.490 e. The second kappa shape index (κ2) is 5.90. The van der Waals surface area contributed by atoms with Crippen LogP contribution in [0, 0.1) is 6.92 Å². The molecule has 2 aliphatic rings. The molecule has 2 saturated heterocycles. The van der Waals surface area contributed by atoms with Crippen molar-refractivity contribution in [3.8, 4) is 5.75 Å². The monoisotopic (exact) mass is 263 g/mol. The van der Waals surface area contributed by atoms with E-state index in [1.165, 1.54) is 11.1 Å². The lowest BCUT2D eigenvalue weighted by Gasteiger charge is -2.27. The fourth-order valence-corrected chi connectivity index (χ4v) is 2.27. The number of nitrogens with zero attached hydrogens (tertiary/aromatic N) is 1. The summed E-state index contributed by atoms with van der Waals surface area (Å²) >= 11 is 0. The Bertz CT molecular complexity index is 425. The van der Waals surface area contributed by atoms with E-state index in [-0.39, 0.29) is 0 Å². The van der Waals surface area contributed by atoms with Crippen LogP contribution in [0.25, 0.3) is 0 Å². The first kappa shape index (κ1) is 12.9. The summed E-state index contributed by atoms with van der Waals surface area (Å²) in [7, 11) is 0. The van der Waals surface area contributed by atoms with E-state index in [0.29, 0.717) is 12.7 Å². The highest BCUT2D eigenvalue weighted by Crippen LogP contribution is 2.24. The molecule has 0 amide bonds. The summed E-state index contributed by atoms with van der Waals surface area (Å²) < 4.78 is 16.5. The van der Waals surface area contributed by atoms with Gasteiger partial charge in [0.2, 0.25) is 0 Å². The summed E-state index contributed by atoms with van der Waals surface area (Å²) in [6.07, 6.45) is 0.303. The molecule has 4 heteroatoms. The minimum atomic E-state index is 0.303. The first-order valence-electron chi connectivity index (χ1n) is 6.95. The number of benzene rings is 1. The molecule has 1 aromatic carbocycles. The molecule has 3 rings (SSSR count). The molecule has 19 heavy (non-hydrogen) atoms. The quantitative estimate of drug-likeness (QED) is 0.756. The average molecular weight is 263 g/mol. The summed E-state index contributed by atoms with van der Waals surface area (Å²) in [5.41, 5.74) is 2.49. The van der Waals surface area contributed by atoms with E-state index in [9.17, 15) is 0 Å². The molecular formula is C15H21NO3. The van der Waals surface area contributed by atoms with Gasteiger partial charge in [-0.1, -0.05) is 12.1 Å². The summed E-state index contributed by atoms with van der Waals surface area (Å²) in [5, 5.41) is 0. The molecule has 0 saturated carbocycles. The summed E-state index contributed by atoms with van der Waals surface area (Å²) in [5.74, 6) is 1.00. The van der Waals surface area contributed by atoms with E-state index in [1.807, 2.05) is 0 Å². The van der Waals surface area contributed by atoms with Crippen LogP contribution in [-0.4, -0.2) is 50.5 Å². The zero-order valence-corrected chi connectivity index (χ0v) is 11.4. The largest absolute Gasteiger partial charge is 0.490 e. The highest BCUT2D eigenvalue weighted by molar-refractivity contribution is 5.37. The van der Waals surface area contributed by atoms with Gasteiger partial charge in [-0.3, -0.25) is 4.90 Å². The number of hydrogen-bond acceptors (Lipinski definition) is 4. The summed E-state index contributed by atoms with van der Waals surface area (Å²) in [6, 6.07) is 6.45. The highest BCUT2D eigenvalue weighted by Gasteiger charge is 2.23. The van der Waals surface area contributed by atoms with Gasteiger partial charge in [0.25, 0.3) is 0 Å². The van der Waals surface area contributed by atoms with E-state index in [1.54, 1.807) is 0 Å². The SMILES string of the molecule is Cc1ccc(CN2CCOCC2)c(OC[C@@H]2CO2)c1. The summed E-state index contributed by atoms with van der Waals surface area (Å²) in [6.45, 7) is 8.20. The number of epoxide rings is 1. The van der Waals surface area contributed by atoms with Crippen LogP contribution in [0.4, 0.5) is 0 Å². The Balaban J connectivity index is 1.66. The maximum Gasteiger partial charge on any atom is 0.124 e. The van der Waals surface area contributed by atoms with Gasteiger partial charge >= 0.3 is 0 Å². The first-order chi connectivity index (χ1) is 9.31. The van der Waals surface area contributed by atoms with Gasteiger partial charge in [0, 0.05) is 25.2 Å². The van der Waals surface area contributed by atoms with E-state index in [2.05, 4.69) is 30.0 Å². The third-order valence-corrected chi connectivity index (χ3v) is 3.55. The molecule has 0 spiro atoms. The van der Waals surface area contributed by atoms with Crippen molar-refractivity contribution in [1.82, 2.24) is 4.90 Å². The molecular weight excluding hydrogens is 242 g/mol. The Morgan fingerprint density at radius 3 is 2.84 bits per heavy atom. The fraction of sp³-hybridized carbons (Fsp3) is 0.600. The van der Waals surface area contributed by atoms with E-state index in [4.69, 9.17) is 14.2 Å². The van der Waals surface area contributed by atoms with Crippen LogP contribution in [0.3, 0.4) is 0 Å². The standard InChI is InChI=1S/C15H21NO3/c1-12-2-3-13(9-16-4-6-17-7-5-16)15(8-12)19-11-14-10-18-14/h2-3,8,14H,4-7,9-11H2,1H3/t14-/m0/s1.